The van der Waals surface area contributed by atoms with Crippen LogP contribution in [0, 0.1) is 16.7 Å². The van der Waals surface area contributed by atoms with Crippen molar-refractivity contribution in [3.05, 3.63) is 28.2 Å². The van der Waals surface area contributed by atoms with E-state index >= 15 is 0 Å². The van der Waals surface area contributed by atoms with Crippen molar-refractivity contribution >= 4 is 21.9 Å². The van der Waals surface area contributed by atoms with Crippen molar-refractivity contribution in [2.75, 3.05) is 6.61 Å². The SMILES string of the molecule is CC(C)(C#N)CCOc1cc(Br)ccc1C(=O)O. The number of carboxylic acids is 1. The van der Waals surface area contributed by atoms with E-state index in [2.05, 4.69) is 22.0 Å². The summed E-state index contributed by atoms with van der Waals surface area (Å²) in [6.07, 6.45) is 0.537. The van der Waals surface area contributed by atoms with Crippen LogP contribution in [-0.4, -0.2) is 17.7 Å². The third kappa shape index (κ3) is 4.04. The van der Waals surface area contributed by atoms with Gasteiger partial charge in [0.15, 0.2) is 0 Å². The normalized spacial score (nSPS) is 10.8. The van der Waals surface area contributed by atoms with Crippen molar-refractivity contribution < 1.29 is 14.6 Å². The predicted octanol–water partition coefficient (Wildman–Crippen LogP) is 3.47. The number of aromatic carboxylic acids is 1. The molecule has 0 fully saturated rings. The largest absolute Gasteiger partial charge is 0.493 e. The lowest BCUT2D eigenvalue weighted by molar-refractivity contribution is 0.0692. The van der Waals surface area contributed by atoms with Gasteiger partial charge in [-0.25, -0.2) is 4.79 Å². The Morgan fingerprint density at radius 1 is 1.56 bits per heavy atom. The molecular weight excluding hydrogens is 298 g/mol. The van der Waals surface area contributed by atoms with Crippen LogP contribution in [0.4, 0.5) is 0 Å². The number of nitrogens with zero attached hydrogens (tertiary/aromatic N) is 1. The van der Waals surface area contributed by atoms with Crippen LogP contribution < -0.4 is 4.74 Å². The summed E-state index contributed by atoms with van der Waals surface area (Å²) in [4.78, 5) is 11.0. The fraction of sp³-hybridized carbons (Fsp3) is 0.385. The van der Waals surface area contributed by atoms with Gasteiger partial charge in [0.25, 0.3) is 0 Å². The lowest BCUT2D eigenvalue weighted by atomic mass is 9.92. The number of carbonyl (C=O) groups is 1. The molecule has 1 N–H and O–H groups in total. The molecule has 0 heterocycles. The molecule has 0 unspecified atom stereocenters. The quantitative estimate of drug-likeness (QED) is 0.904. The highest BCUT2D eigenvalue weighted by molar-refractivity contribution is 9.10. The van der Waals surface area contributed by atoms with Crippen molar-refractivity contribution in [1.82, 2.24) is 0 Å². The smallest absolute Gasteiger partial charge is 0.339 e. The first-order valence-electron chi connectivity index (χ1n) is 5.42. The molecule has 1 rings (SSSR count). The lowest BCUT2D eigenvalue weighted by Gasteiger charge is -2.16. The van der Waals surface area contributed by atoms with Gasteiger partial charge in [-0.2, -0.15) is 5.26 Å². The summed E-state index contributed by atoms with van der Waals surface area (Å²) in [5.74, 6) is -0.720. The zero-order valence-electron chi connectivity index (χ0n) is 10.2. The third-order valence-corrected chi connectivity index (χ3v) is 2.95. The van der Waals surface area contributed by atoms with E-state index < -0.39 is 11.4 Å². The molecule has 0 amide bonds. The van der Waals surface area contributed by atoms with Crippen LogP contribution in [0.25, 0.3) is 0 Å². The van der Waals surface area contributed by atoms with E-state index in [9.17, 15) is 4.79 Å². The number of halogens is 1. The monoisotopic (exact) mass is 311 g/mol. The lowest BCUT2D eigenvalue weighted by Crippen LogP contribution is -2.14. The molecule has 0 aliphatic heterocycles. The van der Waals surface area contributed by atoms with Gasteiger partial charge in [-0.05, 0) is 38.5 Å². The van der Waals surface area contributed by atoms with Crippen LogP contribution in [0.15, 0.2) is 22.7 Å². The minimum absolute atomic E-state index is 0.118. The first-order valence-corrected chi connectivity index (χ1v) is 6.22. The van der Waals surface area contributed by atoms with Crippen molar-refractivity contribution in [1.29, 1.82) is 5.26 Å². The third-order valence-electron chi connectivity index (χ3n) is 2.46. The van der Waals surface area contributed by atoms with Crippen LogP contribution in [0.1, 0.15) is 30.6 Å². The first-order chi connectivity index (χ1) is 8.35. The van der Waals surface area contributed by atoms with E-state index in [1.807, 2.05) is 13.8 Å². The van der Waals surface area contributed by atoms with E-state index in [1.54, 1.807) is 12.1 Å². The maximum Gasteiger partial charge on any atom is 0.339 e. The van der Waals surface area contributed by atoms with Gasteiger partial charge in [0.05, 0.1) is 18.1 Å². The van der Waals surface area contributed by atoms with Crippen LogP contribution in [0.3, 0.4) is 0 Å². The summed E-state index contributed by atoms with van der Waals surface area (Å²) in [6.45, 7) is 3.93. The standard InChI is InChI=1S/C13H14BrNO3/c1-13(2,8-15)5-6-18-11-7-9(14)3-4-10(11)12(16)17/h3-4,7H,5-6H2,1-2H3,(H,16,17). The van der Waals surface area contributed by atoms with Gasteiger partial charge in [0, 0.05) is 4.47 Å². The number of benzene rings is 1. The highest BCUT2D eigenvalue weighted by Gasteiger charge is 2.17. The van der Waals surface area contributed by atoms with Crippen molar-refractivity contribution in [3.8, 4) is 11.8 Å². The minimum atomic E-state index is -1.03. The molecule has 0 bridgehead atoms. The maximum absolute atomic E-state index is 11.0. The molecule has 96 valence electrons. The Morgan fingerprint density at radius 2 is 2.22 bits per heavy atom. The molecule has 1 aromatic carbocycles. The Balaban J connectivity index is 2.76. The van der Waals surface area contributed by atoms with Gasteiger partial charge in [-0.1, -0.05) is 15.9 Å². The molecule has 0 radical (unpaired) electrons. The molecule has 4 nitrogen and oxygen atoms in total. The molecular formula is C13H14BrNO3. The van der Waals surface area contributed by atoms with E-state index in [4.69, 9.17) is 15.1 Å². The summed E-state index contributed by atoms with van der Waals surface area (Å²) in [7, 11) is 0. The second kappa shape index (κ2) is 5.87. The fourth-order valence-corrected chi connectivity index (χ4v) is 1.60. The second-order valence-corrected chi connectivity index (χ2v) is 5.46. The zero-order chi connectivity index (χ0) is 13.8. The molecule has 0 atom stereocenters. The second-order valence-electron chi connectivity index (χ2n) is 4.54. The van der Waals surface area contributed by atoms with Gasteiger partial charge in [0.2, 0.25) is 0 Å². The number of ether oxygens (including phenoxy) is 1. The van der Waals surface area contributed by atoms with Crippen LogP contribution in [0.5, 0.6) is 5.75 Å². The topological polar surface area (TPSA) is 70.3 Å². The van der Waals surface area contributed by atoms with Crippen LogP contribution in [0.2, 0.25) is 0 Å². The van der Waals surface area contributed by atoms with Crippen molar-refractivity contribution in [2.45, 2.75) is 20.3 Å². The number of hydrogen-bond acceptors (Lipinski definition) is 3. The van der Waals surface area contributed by atoms with Gasteiger partial charge < -0.3 is 9.84 Å². The Labute approximate surface area is 114 Å². The summed E-state index contributed by atoms with van der Waals surface area (Å²) in [5, 5.41) is 17.9. The predicted molar refractivity (Wildman–Crippen MR) is 70.6 cm³/mol. The molecule has 5 heteroatoms. The molecule has 0 saturated carbocycles. The summed E-state index contributed by atoms with van der Waals surface area (Å²) < 4.78 is 6.21. The molecule has 1 aromatic rings. The molecule has 0 aliphatic rings. The number of nitriles is 1. The highest BCUT2D eigenvalue weighted by atomic mass is 79.9. The number of hydrogen-bond donors (Lipinski definition) is 1. The molecule has 0 spiro atoms. The Hall–Kier alpha value is -1.54. The minimum Gasteiger partial charge on any atom is -0.493 e. The molecule has 0 aromatic heterocycles. The van der Waals surface area contributed by atoms with Crippen molar-refractivity contribution in [2.24, 2.45) is 5.41 Å². The van der Waals surface area contributed by atoms with Gasteiger partial charge in [-0.3, -0.25) is 0 Å². The molecule has 18 heavy (non-hydrogen) atoms. The highest BCUT2D eigenvalue weighted by Crippen LogP contribution is 2.25. The van der Waals surface area contributed by atoms with E-state index in [-0.39, 0.29) is 5.56 Å². The summed E-state index contributed by atoms with van der Waals surface area (Å²) >= 11 is 3.27. The first kappa shape index (κ1) is 14.5. The average Bonchev–Trinajstić information content (AvgIpc) is 2.28. The van der Waals surface area contributed by atoms with Gasteiger partial charge >= 0.3 is 5.97 Å². The maximum atomic E-state index is 11.0. The number of carboxylic acid groups (broad SMARTS) is 1. The molecule has 0 aliphatic carbocycles. The van der Waals surface area contributed by atoms with E-state index in [0.29, 0.717) is 18.8 Å². The average molecular weight is 312 g/mol. The van der Waals surface area contributed by atoms with E-state index in [1.165, 1.54) is 6.07 Å². The molecule has 0 saturated heterocycles. The zero-order valence-corrected chi connectivity index (χ0v) is 11.8. The van der Waals surface area contributed by atoms with Crippen LogP contribution >= 0.6 is 15.9 Å². The Bertz CT molecular complexity index is 491. The van der Waals surface area contributed by atoms with E-state index in [0.717, 1.165) is 4.47 Å². The number of rotatable bonds is 5. The Morgan fingerprint density at radius 3 is 2.78 bits per heavy atom. The van der Waals surface area contributed by atoms with Crippen molar-refractivity contribution in [3.63, 3.8) is 0 Å². The fourth-order valence-electron chi connectivity index (χ4n) is 1.26. The van der Waals surface area contributed by atoms with Crippen LogP contribution in [-0.2, 0) is 0 Å². The summed E-state index contributed by atoms with van der Waals surface area (Å²) in [6, 6.07) is 6.92. The van der Waals surface area contributed by atoms with Gasteiger partial charge in [-0.15, -0.1) is 0 Å². The van der Waals surface area contributed by atoms with Gasteiger partial charge in [0.1, 0.15) is 11.3 Å². The Kier molecular flexibility index (Phi) is 4.74. The summed E-state index contributed by atoms with van der Waals surface area (Å²) in [5.41, 5.74) is -0.358.